The van der Waals surface area contributed by atoms with Crippen LogP contribution >= 0.6 is 0 Å². The third-order valence-electron chi connectivity index (χ3n) is 2.81. The SMILES string of the molecule is Cc1cc(/C=N\Nc2ccccc2)cn1C(C)C. The number of para-hydroxylation sites is 1. The standard InChI is InChI=1S/C15H19N3/c1-12(2)18-11-14(9-13(18)3)10-16-17-15-7-5-4-6-8-15/h4-12,17H,1-3H3/b16-10-. The van der Waals surface area contributed by atoms with Crippen LogP contribution in [-0.2, 0) is 0 Å². The van der Waals surface area contributed by atoms with E-state index in [2.05, 4.69) is 48.1 Å². The molecule has 0 radical (unpaired) electrons. The van der Waals surface area contributed by atoms with E-state index < -0.39 is 0 Å². The number of benzene rings is 1. The number of aryl methyl sites for hydroxylation is 1. The molecule has 0 aliphatic heterocycles. The summed E-state index contributed by atoms with van der Waals surface area (Å²) >= 11 is 0. The summed E-state index contributed by atoms with van der Waals surface area (Å²) in [6, 6.07) is 12.5. The molecule has 1 heterocycles. The minimum atomic E-state index is 0.481. The van der Waals surface area contributed by atoms with Crippen LogP contribution in [-0.4, -0.2) is 10.8 Å². The molecule has 0 saturated heterocycles. The number of hydrogen-bond acceptors (Lipinski definition) is 2. The molecule has 0 atom stereocenters. The first-order valence-corrected chi connectivity index (χ1v) is 6.19. The number of nitrogens with one attached hydrogen (secondary N) is 1. The lowest BCUT2D eigenvalue weighted by Gasteiger charge is -2.08. The summed E-state index contributed by atoms with van der Waals surface area (Å²) in [6.45, 7) is 6.47. The van der Waals surface area contributed by atoms with Crippen molar-refractivity contribution in [2.75, 3.05) is 5.43 Å². The molecular formula is C15H19N3. The van der Waals surface area contributed by atoms with Gasteiger partial charge in [-0.05, 0) is 39.0 Å². The zero-order valence-electron chi connectivity index (χ0n) is 11.1. The Morgan fingerprint density at radius 3 is 2.56 bits per heavy atom. The molecule has 2 aromatic rings. The summed E-state index contributed by atoms with van der Waals surface area (Å²) in [5.41, 5.74) is 6.38. The van der Waals surface area contributed by atoms with E-state index in [1.54, 1.807) is 0 Å². The highest BCUT2D eigenvalue weighted by atomic mass is 15.3. The second-order valence-corrected chi connectivity index (χ2v) is 4.65. The Balaban J connectivity index is 2.03. The summed E-state index contributed by atoms with van der Waals surface area (Å²) in [5, 5.41) is 4.24. The smallest absolute Gasteiger partial charge is 0.0561 e. The number of nitrogens with zero attached hydrogens (tertiary/aromatic N) is 2. The Kier molecular flexibility index (Phi) is 3.82. The van der Waals surface area contributed by atoms with Crippen molar-refractivity contribution in [3.8, 4) is 0 Å². The Morgan fingerprint density at radius 1 is 1.22 bits per heavy atom. The van der Waals surface area contributed by atoms with E-state index in [0.717, 1.165) is 11.3 Å². The van der Waals surface area contributed by atoms with Crippen molar-refractivity contribution < 1.29 is 0 Å². The van der Waals surface area contributed by atoms with E-state index in [0.29, 0.717) is 6.04 Å². The van der Waals surface area contributed by atoms with Crippen LogP contribution in [0.5, 0.6) is 0 Å². The predicted molar refractivity (Wildman–Crippen MR) is 77.2 cm³/mol. The molecule has 1 aromatic heterocycles. The first-order chi connectivity index (χ1) is 8.66. The lowest BCUT2D eigenvalue weighted by Crippen LogP contribution is -2.00. The van der Waals surface area contributed by atoms with Gasteiger partial charge in [-0.1, -0.05) is 18.2 Å². The summed E-state index contributed by atoms with van der Waals surface area (Å²) in [4.78, 5) is 0. The second-order valence-electron chi connectivity index (χ2n) is 4.65. The molecule has 0 amide bonds. The molecule has 0 aliphatic rings. The molecule has 2 rings (SSSR count). The number of hydrogen-bond donors (Lipinski definition) is 1. The van der Waals surface area contributed by atoms with Crippen LogP contribution < -0.4 is 5.43 Å². The maximum atomic E-state index is 4.24. The summed E-state index contributed by atoms with van der Waals surface area (Å²) in [7, 11) is 0. The fourth-order valence-electron chi connectivity index (χ4n) is 1.94. The second kappa shape index (κ2) is 5.54. The molecule has 0 spiro atoms. The molecular weight excluding hydrogens is 222 g/mol. The Morgan fingerprint density at radius 2 is 1.94 bits per heavy atom. The molecule has 1 N–H and O–H groups in total. The zero-order valence-corrected chi connectivity index (χ0v) is 11.1. The number of rotatable bonds is 4. The highest BCUT2D eigenvalue weighted by molar-refractivity contribution is 5.80. The normalized spacial score (nSPS) is 11.3. The van der Waals surface area contributed by atoms with Gasteiger partial charge in [-0.2, -0.15) is 5.10 Å². The van der Waals surface area contributed by atoms with Crippen molar-refractivity contribution in [2.24, 2.45) is 5.10 Å². The van der Waals surface area contributed by atoms with Crippen molar-refractivity contribution in [3.63, 3.8) is 0 Å². The fraction of sp³-hybridized carbons (Fsp3) is 0.267. The summed E-state index contributed by atoms with van der Waals surface area (Å²) < 4.78 is 2.24. The van der Waals surface area contributed by atoms with Gasteiger partial charge in [0.25, 0.3) is 0 Å². The quantitative estimate of drug-likeness (QED) is 0.640. The molecule has 0 aliphatic carbocycles. The van der Waals surface area contributed by atoms with Gasteiger partial charge in [-0.25, -0.2) is 0 Å². The third-order valence-corrected chi connectivity index (χ3v) is 2.81. The van der Waals surface area contributed by atoms with Gasteiger partial charge >= 0.3 is 0 Å². The van der Waals surface area contributed by atoms with Gasteiger partial charge in [0.2, 0.25) is 0 Å². The number of anilines is 1. The summed E-state index contributed by atoms with van der Waals surface area (Å²) in [6.07, 6.45) is 3.97. The van der Waals surface area contributed by atoms with Gasteiger partial charge in [-0.15, -0.1) is 0 Å². The predicted octanol–water partition coefficient (Wildman–Crippen LogP) is 3.82. The fourth-order valence-corrected chi connectivity index (χ4v) is 1.94. The van der Waals surface area contributed by atoms with Gasteiger partial charge in [0, 0.05) is 23.5 Å². The van der Waals surface area contributed by atoms with Gasteiger partial charge < -0.3 is 4.57 Å². The van der Waals surface area contributed by atoms with Crippen molar-refractivity contribution in [3.05, 3.63) is 53.9 Å². The van der Waals surface area contributed by atoms with E-state index >= 15 is 0 Å². The van der Waals surface area contributed by atoms with Crippen LogP contribution in [0.15, 0.2) is 47.7 Å². The minimum Gasteiger partial charge on any atom is -0.349 e. The third kappa shape index (κ3) is 3.00. The van der Waals surface area contributed by atoms with Gasteiger partial charge in [-0.3, -0.25) is 5.43 Å². The van der Waals surface area contributed by atoms with Gasteiger partial charge in [0.1, 0.15) is 0 Å². The Labute approximate surface area is 108 Å². The highest BCUT2D eigenvalue weighted by Gasteiger charge is 2.02. The average molecular weight is 241 g/mol. The van der Waals surface area contributed by atoms with Gasteiger partial charge in [0.05, 0.1) is 11.9 Å². The Hall–Kier alpha value is -2.03. The molecule has 0 saturated carbocycles. The molecule has 1 aromatic carbocycles. The van der Waals surface area contributed by atoms with E-state index in [4.69, 9.17) is 0 Å². The summed E-state index contributed by atoms with van der Waals surface area (Å²) in [5.74, 6) is 0. The van der Waals surface area contributed by atoms with Crippen LogP contribution in [0.3, 0.4) is 0 Å². The lowest BCUT2D eigenvalue weighted by molar-refractivity contribution is 0.589. The number of aromatic nitrogens is 1. The van der Waals surface area contributed by atoms with Crippen LogP contribution in [0.1, 0.15) is 31.1 Å². The minimum absolute atomic E-state index is 0.481. The van der Waals surface area contributed by atoms with Crippen LogP contribution in [0.25, 0.3) is 0 Å². The van der Waals surface area contributed by atoms with Crippen LogP contribution in [0.4, 0.5) is 5.69 Å². The maximum Gasteiger partial charge on any atom is 0.0561 e. The van der Waals surface area contributed by atoms with E-state index in [9.17, 15) is 0 Å². The molecule has 0 fully saturated rings. The zero-order chi connectivity index (χ0) is 13.0. The first-order valence-electron chi connectivity index (χ1n) is 6.19. The molecule has 94 valence electrons. The first kappa shape index (κ1) is 12.4. The average Bonchev–Trinajstić information content (AvgIpc) is 2.72. The molecule has 18 heavy (non-hydrogen) atoms. The van der Waals surface area contributed by atoms with Crippen LogP contribution in [0.2, 0.25) is 0 Å². The topological polar surface area (TPSA) is 29.3 Å². The maximum absolute atomic E-state index is 4.24. The lowest BCUT2D eigenvalue weighted by atomic mass is 10.3. The highest BCUT2D eigenvalue weighted by Crippen LogP contribution is 2.12. The van der Waals surface area contributed by atoms with E-state index in [-0.39, 0.29) is 0 Å². The largest absolute Gasteiger partial charge is 0.349 e. The molecule has 0 bridgehead atoms. The van der Waals surface area contributed by atoms with Crippen LogP contribution in [0, 0.1) is 6.92 Å². The number of hydrazone groups is 1. The van der Waals surface area contributed by atoms with Crippen molar-refractivity contribution in [1.82, 2.24) is 4.57 Å². The molecule has 3 heteroatoms. The van der Waals surface area contributed by atoms with E-state index in [1.807, 2.05) is 36.5 Å². The van der Waals surface area contributed by atoms with Crippen molar-refractivity contribution in [2.45, 2.75) is 26.8 Å². The monoisotopic (exact) mass is 241 g/mol. The Bertz CT molecular complexity index is 524. The molecule has 3 nitrogen and oxygen atoms in total. The van der Waals surface area contributed by atoms with Gasteiger partial charge in [0.15, 0.2) is 0 Å². The van der Waals surface area contributed by atoms with E-state index in [1.165, 1.54) is 5.69 Å². The van der Waals surface area contributed by atoms with Crippen molar-refractivity contribution in [1.29, 1.82) is 0 Å². The molecule has 0 unspecified atom stereocenters. The van der Waals surface area contributed by atoms with Crippen molar-refractivity contribution >= 4 is 11.9 Å².